The van der Waals surface area contributed by atoms with Crippen LogP contribution in [-0.4, -0.2) is 26.5 Å². The van der Waals surface area contributed by atoms with Gasteiger partial charge in [0.2, 0.25) is 0 Å². The Morgan fingerprint density at radius 1 is 1.27 bits per heavy atom. The van der Waals surface area contributed by atoms with E-state index in [2.05, 4.69) is 44.4 Å². The van der Waals surface area contributed by atoms with Gasteiger partial charge >= 0.3 is 5.97 Å². The molecule has 0 amide bonds. The van der Waals surface area contributed by atoms with Crippen molar-refractivity contribution < 1.29 is 13.9 Å². The maximum absolute atomic E-state index is 14.3. The SMILES string of the molecule is Bc1ccc([C@H](C)NC2CCCC(CC(=O)OCC)C2c2ccc(Cl)c(F)c2)cc1. The number of benzene rings is 2. The van der Waals surface area contributed by atoms with Crippen LogP contribution in [0.15, 0.2) is 42.5 Å². The van der Waals surface area contributed by atoms with E-state index in [1.165, 1.54) is 17.1 Å². The first-order chi connectivity index (χ1) is 14.4. The standard InChI is InChI=1S/C24H30BClFNO2/c1-3-30-23(29)14-17-5-4-6-22(24(17)18-9-12-20(26)21(27)13-18)28-15(2)16-7-10-19(25)11-8-16/h7-13,15,17,22,24,28H,3-6,14,25H2,1-2H3/t15-,17?,22?,24?/m0/s1. The minimum Gasteiger partial charge on any atom is -0.466 e. The molecule has 0 spiro atoms. The maximum atomic E-state index is 14.3. The average molecular weight is 430 g/mol. The van der Waals surface area contributed by atoms with E-state index < -0.39 is 5.82 Å². The molecule has 3 rings (SSSR count). The Bertz CT molecular complexity index is 861. The second-order valence-corrected chi connectivity index (χ2v) is 8.71. The summed E-state index contributed by atoms with van der Waals surface area (Å²) in [4.78, 5) is 12.3. The third-order valence-electron chi connectivity index (χ3n) is 6.14. The molecule has 1 saturated carbocycles. The molecule has 2 aromatic rings. The highest BCUT2D eigenvalue weighted by Gasteiger charge is 2.36. The number of halogens is 2. The van der Waals surface area contributed by atoms with Crippen molar-refractivity contribution in [3.8, 4) is 0 Å². The molecule has 160 valence electrons. The van der Waals surface area contributed by atoms with Gasteiger partial charge in [0.25, 0.3) is 0 Å². The van der Waals surface area contributed by atoms with Crippen molar-refractivity contribution in [2.75, 3.05) is 6.61 Å². The van der Waals surface area contributed by atoms with Crippen LogP contribution >= 0.6 is 11.6 Å². The Morgan fingerprint density at radius 3 is 2.67 bits per heavy atom. The van der Waals surface area contributed by atoms with Crippen molar-refractivity contribution in [3.05, 3.63) is 64.4 Å². The van der Waals surface area contributed by atoms with Crippen molar-refractivity contribution in [1.29, 1.82) is 0 Å². The van der Waals surface area contributed by atoms with Gasteiger partial charge in [-0.15, -0.1) is 0 Å². The fraction of sp³-hybridized carbons (Fsp3) is 0.458. The number of carbonyl (C=O) groups is 1. The van der Waals surface area contributed by atoms with Gasteiger partial charge in [0.1, 0.15) is 13.7 Å². The molecule has 1 aliphatic rings. The van der Waals surface area contributed by atoms with Gasteiger partial charge in [-0.3, -0.25) is 4.79 Å². The lowest BCUT2D eigenvalue weighted by Crippen LogP contribution is -2.43. The van der Waals surface area contributed by atoms with Crippen molar-refractivity contribution in [3.63, 3.8) is 0 Å². The van der Waals surface area contributed by atoms with Crippen LogP contribution in [-0.2, 0) is 9.53 Å². The summed E-state index contributed by atoms with van der Waals surface area (Å²) in [6, 6.07) is 13.8. The summed E-state index contributed by atoms with van der Waals surface area (Å²) >= 11 is 5.93. The highest BCUT2D eigenvalue weighted by atomic mass is 35.5. The zero-order valence-corrected chi connectivity index (χ0v) is 18.7. The molecule has 0 aromatic heterocycles. The average Bonchev–Trinajstić information content (AvgIpc) is 2.71. The first kappa shape index (κ1) is 22.8. The van der Waals surface area contributed by atoms with Crippen LogP contribution < -0.4 is 10.8 Å². The lowest BCUT2D eigenvalue weighted by molar-refractivity contribution is -0.144. The molecular formula is C24H30BClFNO2. The summed E-state index contributed by atoms with van der Waals surface area (Å²) in [5.41, 5.74) is 3.33. The topological polar surface area (TPSA) is 38.3 Å². The van der Waals surface area contributed by atoms with Gasteiger partial charge in [0, 0.05) is 24.4 Å². The van der Waals surface area contributed by atoms with Crippen LogP contribution in [0.1, 0.15) is 62.6 Å². The summed E-state index contributed by atoms with van der Waals surface area (Å²) in [7, 11) is 2.08. The molecule has 3 nitrogen and oxygen atoms in total. The molecular weight excluding hydrogens is 400 g/mol. The summed E-state index contributed by atoms with van der Waals surface area (Å²) in [6.45, 7) is 4.34. The monoisotopic (exact) mass is 429 g/mol. The van der Waals surface area contributed by atoms with Gasteiger partial charge in [-0.1, -0.05) is 53.8 Å². The maximum Gasteiger partial charge on any atom is 0.306 e. The predicted molar refractivity (Wildman–Crippen MR) is 123 cm³/mol. The van der Waals surface area contributed by atoms with E-state index >= 15 is 0 Å². The second kappa shape index (κ2) is 10.5. The number of rotatable bonds is 7. The van der Waals surface area contributed by atoms with Crippen molar-refractivity contribution >= 4 is 30.9 Å². The largest absolute Gasteiger partial charge is 0.466 e. The van der Waals surface area contributed by atoms with Crippen LogP contribution in [0, 0.1) is 11.7 Å². The van der Waals surface area contributed by atoms with Crippen molar-refractivity contribution in [2.24, 2.45) is 5.92 Å². The van der Waals surface area contributed by atoms with E-state index in [0.29, 0.717) is 13.0 Å². The van der Waals surface area contributed by atoms with E-state index in [1.54, 1.807) is 6.07 Å². The molecule has 1 aliphatic carbocycles. The molecule has 0 bridgehead atoms. The fourth-order valence-electron chi connectivity index (χ4n) is 4.63. The van der Waals surface area contributed by atoms with Crippen LogP contribution in [0.4, 0.5) is 4.39 Å². The van der Waals surface area contributed by atoms with E-state index in [-0.39, 0.29) is 34.9 Å². The summed E-state index contributed by atoms with van der Waals surface area (Å²) < 4.78 is 19.5. The fourth-order valence-corrected chi connectivity index (χ4v) is 4.75. The number of carbonyl (C=O) groups excluding carboxylic acids is 1. The molecule has 30 heavy (non-hydrogen) atoms. The Hall–Kier alpha value is -1.85. The molecule has 4 atom stereocenters. The number of hydrogen-bond donors (Lipinski definition) is 1. The molecule has 0 radical (unpaired) electrons. The van der Waals surface area contributed by atoms with Gasteiger partial charge in [0.05, 0.1) is 11.6 Å². The van der Waals surface area contributed by atoms with Crippen LogP contribution in [0.2, 0.25) is 5.02 Å². The quantitative estimate of drug-likeness (QED) is 0.527. The lowest BCUT2D eigenvalue weighted by atomic mass is 9.70. The molecule has 1 fully saturated rings. The van der Waals surface area contributed by atoms with E-state index in [4.69, 9.17) is 16.3 Å². The molecule has 3 unspecified atom stereocenters. The number of esters is 1. The summed E-state index contributed by atoms with van der Waals surface area (Å²) in [6.07, 6.45) is 3.27. The molecule has 2 aromatic carbocycles. The molecule has 0 saturated heterocycles. The molecule has 6 heteroatoms. The van der Waals surface area contributed by atoms with E-state index in [1.807, 2.05) is 13.0 Å². The predicted octanol–water partition coefficient (Wildman–Crippen LogP) is 4.29. The normalized spacial score (nSPS) is 22.5. The number of hydrogen-bond acceptors (Lipinski definition) is 3. The summed E-state index contributed by atoms with van der Waals surface area (Å²) in [5, 5.41) is 3.88. The lowest BCUT2D eigenvalue weighted by Gasteiger charge is -2.40. The van der Waals surface area contributed by atoms with Gasteiger partial charge in [-0.2, -0.15) is 0 Å². The van der Waals surface area contributed by atoms with Crippen molar-refractivity contribution in [2.45, 2.75) is 57.5 Å². The third-order valence-corrected chi connectivity index (χ3v) is 6.44. The van der Waals surface area contributed by atoms with Gasteiger partial charge in [-0.05, 0) is 55.9 Å². The Morgan fingerprint density at radius 2 is 2.00 bits per heavy atom. The molecule has 0 heterocycles. The molecule has 1 N–H and O–H groups in total. The van der Waals surface area contributed by atoms with Gasteiger partial charge in [0.15, 0.2) is 0 Å². The Kier molecular flexibility index (Phi) is 7.96. The number of nitrogens with one attached hydrogen (secondary N) is 1. The van der Waals surface area contributed by atoms with E-state index in [9.17, 15) is 9.18 Å². The van der Waals surface area contributed by atoms with Crippen molar-refractivity contribution in [1.82, 2.24) is 5.32 Å². The molecule has 0 aliphatic heterocycles. The smallest absolute Gasteiger partial charge is 0.306 e. The third kappa shape index (κ3) is 5.64. The summed E-state index contributed by atoms with van der Waals surface area (Å²) in [5.74, 6) is -0.488. The van der Waals surface area contributed by atoms with Crippen LogP contribution in [0.5, 0.6) is 0 Å². The highest BCUT2D eigenvalue weighted by molar-refractivity contribution is 6.32. The van der Waals surface area contributed by atoms with Crippen LogP contribution in [0.3, 0.4) is 0 Å². The van der Waals surface area contributed by atoms with E-state index in [0.717, 1.165) is 24.8 Å². The first-order valence-corrected chi connectivity index (χ1v) is 11.2. The Balaban J connectivity index is 1.87. The first-order valence-electron chi connectivity index (χ1n) is 10.8. The highest BCUT2D eigenvalue weighted by Crippen LogP contribution is 2.41. The zero-order valence-electron chi connectivity index (χ0n) is 18.0. The van der Waals surface area contributed by atoms with Crippen LogP contribution in [0.25, 0.3) is 0 Å². The van der Waals surface area contributed by atoms with Gasteiger partial charge < -0.3 is 10.1 Å². The Labute approximate surface area is 184 Å². The minimum atomic E-state index is -0.417. The number of ether oxygens (including phenoxy) is 1. The minimum absolute atomic E-state index is 0.0165. The zero-order chi connectivity index (χ0) is 21.7. The van der Waals surface area contributed by atoms with Gasteiger partial charge in [-0.25, -0.2) is 4.39 Å². The second-order valence-electron chi connectivity index (χ2n) is 8.30.